The fraction of sp³-hybridized carbons (Fsp3) is 0.444. The normalized spacial score (nSPS) is 20.8. The third-order valence-electron chi connectivity index (χ3n) is 4.76. The monoisotopic (exact) mass is 366 g/mol. The summed E-state index contributed by atoms with van der Waals surface area (Å²) in [5.74, 6) is -0.292. The average Bonchev–Trinajstić information content (AvgIpc) is 3.18. The number of carbonyl (C=O) groups is 1. The van der Waals surface area contributed by atoms with Crippen molar-refractivity contribution in [1.82, 2.24) is 20.4 Å². The molecule has 3 atom stereocenters. The van der Waals surface area contributed by atoms with E-state index in [0.717, 1.165) is 17.7 Å². The fourth-order valence-electron chi connectivity index (χ4n) is 3.22. The van der Waals surface area contributed by atoms with E-state index in [-0.39, 0.29) is 42.0 Å². The molecule has 2 heterocycles. The molecule has 1 aromatic carbocycles. The van der Waals surface area contributed by atoms with Gasteiger partial charge in [0.2, 0.25) is 5.91 Å². The van der Waals surface area contributed by atoms with Gasteiger partial charge in [-0.1, -0.05) is 12.1 Å². The molecule has 0 aliphatic carbocycles. The van der Waals surface area contributed by atoms with Crippen LogP contribution in [0.1, 0.15) is 35.6 Å². The summed E-state index contributed by atoms with van der Waals surface area (Å²) in [4.78, 5) is 12.7. The highest BCUT2D eigenvalue weighted by atomic mass is 35.5. The van der Waals surface area contributed by atoms with Gasteiger partial charge < -0.3 is 10.6 Å². The largest absolute Gasteiger partial charge is 0.349 e. The smallest absolute Gasteiger partial charge is 0.225 e. The van der Waals surface area contributed by atoms with Crippen molar-refractivity contribution < 1.29 is 9.18 Å². The van der Waals surface area contributed by atoms with Crippen molar-refractivity contribution in [1.29, 1.82) is 0 Å². The lowest BCUT2D eigenvalue weighted by Gasteiger charge is -2.21. The van der Waals surface area contributed by atoms with Crippen LogP contribution in [0.25, 0.3) is 0 Å². The van der Waals surface area contributed by atoms with Crippen LogP contribution in [0.5, 0.6) is 0 Å². The van der Waals surface area contributed by atoms with Crippen LogP contribution in [0.4, 0.5) is 4.39 Å². The number of aromatic nitrogens is 2. The molecule has 2 N–H and O–H groups in total. The van der Waals surface area contributed by atoms with E-state index in [0.29, 0.717) is 12.1 Å². The lowest BCUT2D eigenvalue weighted by molar-refractivity contribution is -0.125. The highest BCUT2D eigenvalue weighted by Gasteiger charge is 2.35. The first kappa shape index (κ1) is 19.4. The van der Waals surface area contributed by atoms with Gasteiger partial charge in [-0.05, 0) is 36.6 Å². The first-order chi connectivity index (χ1) is 11.5. The van der Waals surface area contributed by atoms with Gasteiger partial charge in [0.15, 0.2) is 0 Å². The van der Waals surface area contributed by atoms with E-state index in [1.165, 1.54) is 6.07 Å². The van der Waals surface area contributed by atoms with Gasteiger partial charge in [0, 0.05) is 32.3 Å². The molecule has 5 nitrogen and oxygen atoms in total. The number of nitrogens with zero attached hydrogens (tertiary/aromatic N) is 2. The zero-order chi connectivity index (χ0) is 17.3. The Morgan fingerprint density at radius 3 is 2.84 bits per heavy atom. The Labute approximate surface area is 153 Å². The molecule has 3 rings (SSSR count). The zero-order valence-corrected chi connectivity index (χ0v) is 15.4. The highest BCUT2D eigenvalue weighted by molar-refractivity contribution is 5.85. The molecule has 0 saturated carbocycles. The van der Waals surface area contributed by atoms with Crippen molar-refractivity contribution in [2.45, 2.75) is 25.8 Å². The van der Waals surface area contributed by atoms with Crippen molar-refractivity contribution in [2.24, 2.45) is 13.0 Å². The van der Waals surface area contributed by atoms with E-state index in [4.69, 9.17) is 0 Å². The predicted molar refractivity (Wildman–Crippen MR) is 97.3 cm³/mol. The lowest BCUT2D eigenvalue weighted by atomic mass is 9.90. The Morgan fingerprint density at radius 1 is 1.44 bits per heavy atom. The Balaban J connectivity index is 0.00000225. The molecule has 2 aromatic rings. The molecule has 1 aliphatic heterocycles. The van der Waals surface area contributed by atoms with Crippen LogP contribution in [-0.4, -0.2) is 28.8 Å². The summed E-state index contributed by atoms with van der Waals surface area (Å²) in [5, 5.41) is 10.5. The number of hydrogen-bond acceptors (Lipinski definition) is 3. The van der Waals surface area contributed by atoms with Crippen molar-refractivity contribution >= 4 is 18.3 Å². The molecule has 1 amide bonds. The number of amides is 1. The van der Waals surface area contributed by atoms with E-state index in [1.807, 2.05) is 32.4 Å². The van der Waals surface area contributed by atoms with E-state index < -0.39 is 0 Å². The van der Waals surface area contributed by atoms with Gasteiger partial charge in [0.25, 0.3) is 0 Å². The van der Waals surface area contributed by atoms with Gasteiger partial charge in [-0.3, -0.25) is 9.48 Å². The van der Waals surface area contributed by atoms with Gasteiger partial charge in [-0.25, -0.2) is 4.39 Å². The molecule has 0 bridgehead atoms. The van der Waals surface area contributed by atoms with Crippen molar-refractivity contribution in [3.05, 3.63) is 53.1 Å². The maximum Gasteiger partial charge on any atom is 0.225 e. The number of nitrogens with one attached hydrogen (secondary N) is 2. The van der Waals surface area contributed by atoms with Gasteiger partial charge >= 0.3 is 0 Å². The standard InChI is InChI=1S/C18H23FN4O.ClH/c1-11-4-5-13(6-17(11)19)12(2)22-18(24)16-9-20-8-15(16)14-7-21-23(3)10-14;/h4-7,10,12,15-16,20H,8-9H2,1-3H3,(H,22,24);1H/t12?,15-,16+;/m1./s1. The summed E-state index contributed by atoms with van der Waals surface area (Å²) in [6.45, 7) is 5.01. The second-order valence-corrected chi connectivity index (χ2v) is 6.56. The second-order valence-electron chi connectivity index (χ2n) is 6.56. The number of hydrogen-bond donors (Lipinski definition) is 2. The minimum atomic E-state index is -0.246. The van der Waals surface area contributed by atoms with E-state index in [2.05, 4.69) is 15.7 Å². The van der Waals surface area contributed by atoms with Gasteiger partial charge in [0.05, 0.1) is 18.2 Å². The van der Waals surface area contributed by atoms with Crippen LogP contribution in [0.3, 0.4) is 0 Å². The first-order valence-electron chi connectivity index (χ1n) is 8.21. The van der Waals surface area contributed by atoms with Gasteiger partial charge in [-0.2, -0.15) is 5.10 Å². The Bertz CT molecular complexity index is 748. The molecule has 1 saturated heterocycles. The van der Waals surface area contributed by atoms with E-state index in [9.17, 15) is 9.18 Å². The van der Waals surface area contributed by atoms with Crippen LogP contribution in [-0.2, 0) is 11.8 Å². The molecule has 0 spiro atoms. The first-order valence-corrected chi connectivity index (χ1v) is 8.21. The SMILES string of the molecule is Cc1ccc(C(C)NC(=O)[C@H]2CNC[C@@H]2c2cnn(C)c2)cc1F.Cl. The molecule has 25 heavy (non-hydrogen) atoms. The minimum Gasteiger partial charge on any atom is -0.349 e. The summed E-state index contributed by atoms with van der Waals surface area (Å²) in [6, 6.07) is 4.85. The maximum absolute atomic E-state index is 13.7. The second kappa shape index (κ2) is 7.97. The Kier molecular flexibility index (Phi) is 6.19. The molecular weight excluding hydrogens is 343 g/mol. The average molecular weight is 367 g/mol. The molecule has 136 valence electrons. The van der Waals surface area contributed by atoms with Gasteiger partial charge in [0.1, 0.15) is 5.82 Å². The number of aryl methyl sites for hydroxylation is 2. The lowest BCUT2D eigenvalue weighted by Crippen LogP contribution is -2.36. The van der Waals surface area contributed by atoms with E-state index >= 15 is 0 Å². The third kappa shape index (κ3) is 4.19. The third-order valence-corrected chi connectivity index (χ3v) is 4.76. The molecule has 1 aliphatic rings. The van der Waals surface area contributed by atoms with E-state index in [1.54, 1.807) is 17.7 Å². The predicted octanol–water partition coefficient (Wildman–Crippen LogP) is 2.47. The number of benzene rings is 1. The van der Waals surface area contributed by atoms with Crippen LogP contribution in [0, 0.1) is 18.7 Å². The van der Waals surface area contributed by atoms with Crippen molar-refractivity contribution in [3.8, 4) is 0 Å². The van der Waals surface area contributed by atoms with Gasteiger partial charge in [-0.15, -0.1) is 12.4 Å². The van der Waals surface area contributed by atoms with Crippen molar-refractivity contribution in [3.63, 3.8) is 0 Å². The summed E-state index contributed by atoms with van der Waals surface area (Å²) in [5.41, 5.74) is 2.45. The summed E-state index contributed by atoms with van der Waals surface area (Å²) in [6.07, 6.45) is 3.77. The van der Waals surface area contributed by atoms with Crippen LogP contribution >= 0.6 is 12.4 Å². The highest BCUT2D eigenvalue weighted by Crippen LogP contribution is 2.28. The Morgan fingerprint density at radius 2 is 2.20 bits per heavy atom. The zero-order valence-electron chi connectivity index (χ0n) is 14.6. The van der Waals surface area contributed by atoms with Crippen molar-refractivity contribution in [2.75, 3.05) is 13.1 Å². The molecule has 1 unspecified atom stereocenters. The fourth-order valence-corrected chi connectivity index (χ4v) is 3.22. The van der Waals surface area contributed by atoms with Crippen LogP contribution < -0.4 is 10.6 Å². The Hall–Kier alpha value is -1.92. The van der Waals surface area contributed by atoms with Crippen LogP contribution in [0.2, 0.25) is 0 Å². The molecule has 0 radical (unpaired) electrons. The number of halogens is 2. The molecular formula is C18H24ClFN4O. The molecule has 1 aromatic heterocycles. The molecule has 7 heteroatoms. The summed E-state index contributed by atoms with van der Waals surface area (Å²) >= 11 is 0. The quantitative estimate of drug-likeness (QED) is 0.874. The molecule has 1 fully saturated rings. The maximum atomic E-state index is 13.7. The summed E-state index contributed by atoms with van der Waals surface area (Å²) < 4.78 is 15.5. The van der Waals surface area contributed by atoms with Crippen LogP contribution in [0.15, 0.2) is 30.6 Å². The number of carbonyl (C=O) groups excluding carboxylic acids is 1. The number of rotatable bonds is 4. The summed E-state index contributed by atoms with van der Waals surface area (Å²) in [7, 11) is 1.87. The minimum absolute atomic E-state index is 0. The topological polar surface area (TPSA) is 59.0 Å².